The predicted octanol–water partition coefficient (Wildman–Crippen LogP) is 0.892. The number of halogens is 3. The van der Waals surface area contributed by atoms with Gasteiger partial charge in [-0.25, -0.2) is 13.4 Å². The standard InChI is InChI=1S/C18H22N6O4S.3ClH/c19-10-17(25)22-13-9-15(21-11-13)18(26)23-12-4-6-14(7-5-12)29(27,28)24-16-3-1-2-8-20-16;;;/h1-8,13,15,21H,9-11,19H2,(H,20,24)(H,22,25)(H,23,26);3*1H/t13-,15+;;;/m1.../s1. The smallest absolute Gasteiger partial charge is 0.263 e. The van der Waals surface area contributed by atoms with E-state index < -0.39 is 16.1 Å². The van der Waals surface area contributed by atoms with Gasteiger partial charge in [0.25, 0.3) is 10.0 Å². The van der Waals surface area contributed by atoms with E-state index in [0.29, 0.717) is 18.7 Å². The van der Waals surface area contributed by atoms with Gasteiger partial charge in [0, 0.05) is 24.5 Å². The number of pyridine rings is 1. The summed E-state index contributed by atoms with van der Waals surface area (Å²) in [6, 6.07) is 10.1. The van der Waals surface area contributed by atoms with Crippen molar-refractivity contribution in [3.8, 4) is 0 Å². The van der Waals surface area contributed by atoms with E-state index in [4.69, 9.17) is 5.73 Å². The van der Waals surface area contributed by atoms with Gasteiger partial charge in [-0.2, -0.15) is 0 Å². The van der Waals surface area contributed by atoms with E-state index in [2.05, 4.69) is 25.7 Å². The second-order valence-electron chi connectivity index (χ2n) is 6.50. The highest BCUT2D eigenvalue weighted by Crippen LogP contribution is 2.18. The summed E-state index contributed by atoms with van der Waals surface area (Å²) in [5, 5.41) is 8.51. The minimum absolute atomic E-state index is 0. The number of benzene rings is 1. The number of anilines is 2. The Morgan fingerprint density at radius 2 is 1.78 bits per heavy atom. The number of carbonyl (C=O) groups is 2. The van der Waals surface area contributed by atoms with Crippen LogP contribution >= 0.6 is 37.2 Å². The summed E-state index contributed by atoms with van der Waals surface area (Å²) < 4.78 is 27.2. The summed E-state index contributed by atoms with van der Waals surface area (Å²) >= 11 is 0. The van der Waals surface area contributed by atoms with Crippen LogP contribution in [0.1, 0.15) is 6.42 Å². The van der Waals surface area contributed by atoms with E-state index in [9.17, 15) is 18.0 Å². The molecular formula is C18H25Cl3N6O4S. The number of aromatic nitrogens is 1. The molecule has 0 spiro atoms. The number of nitrogens with zero attached hydrogens (tertiary/aromatic N) is 1. The largest absolute Gasteiger partial charge is 0.351 e. The maximum absolute atomic E-state index is 12.4. The number of hydrogen-bond donors (Lipinski definition) is 5. The molecule has 1 saturated heterocycles. The molecule has 0 radical (unpaired) electrons. The fraction of sp³-hybridized carbons (Fsp3) is 0.278. The molecule has 1 aromatic carbocycles. The van der Waals surface area contributed by atoms with Crippen molar-refractivity contribution < 1.29 is 18.0 Å². The Balaban J connectivity index is 0.00000320. The van der Waals surface area contributed by atoms with Gasteiger partial charge in [0.15, 0.2) is 0 Å². The third-order valence-electron chi connectivity index (χ3n) is 4.33. The van der Waals surface area contributed by atoms with Gasteiger partial charge >= 0.3 is 0 Å². The molecular weight excluding hydrogens is 503 g/mol. The molecule has 1 aliphatic heterocycles. The number of carbonyl (C=O) groups excluding carboxylic acids is 2. The maximum atomic E-state index is 12.4. The molecule has 0 aliphatic carbocycles. The van der Waals surface area contributed by atoms with Crippen LogP contribution < -0.4 is 26.4 Å². The molecule has 14 heteroatoms. The van der Waals surface area contributed by atoms with Crippen LogP contribution in [0, 0.1) is 0 Å². The lowest BCUT2D eigenvalue weighted by Gasteiger charge is -2.13. The van der Waals surface area contributed by atoms with Crippen molar-refractivity contribution in [1.82, 2.24) is 15.6 Å². The molecule has 1 aromatic heterocycles. The van der Waals surface area contributed by atoms with E-state index in [0.717, 1.165) is 0 Å². The van der Waals surface area contributed by atoms with Gasteiger partial charge in [-0.3, -0.25) is 14.3 Å². The Morgan fingerprint density at radius 1 is 1.09 bits per heavy atom. The van der Waals surface area contributed by atoms with Gasteiger partial charge < -0.3 is 21.7 Å². The topological polar surface area (TPSA) is 155 Å². The van der Waals surface area contributed by atoms with Gasteiger partial charge in [0.05, 0.1) is 17.5 Å². The summed E-state index contributed by atoms with van der Waals surface area (Å²) in [4.78, 5) is 27.7. The Morgan fingerprint density at radius 3 is 2.38 bits per heavy atom. The van der Waals surface area contributed by atoms with E-state index >= 15 is 0 Å². The number of amides is 2. The van der Waals surface area contributed by atoms with Gasteiger partial charge in [-0.05, 0) is 42.8 Å². The van der Waals surface area contributed by atoms with Crippen LogP contribution in [0.5, 0.6) is 0 Å². The lowest BCUT2D eigenvalue weighted by molar-refractivity contribution is -0.121. The monoisotopic (exact) mass is 526 g/mol. The van der Waals surface area contributed by atoms with Crippen LogP contribution in [-0.2, 0) is 19.6 Å². The first kappa shape index (κ1) is 29.9. The van der Waals surface area contributed by atoms with Crippen LogP contribution in [0.15, 0.2) is 53.6 Å². The summed E-state index contributed by atoms with van der Waals surface area (Å²) in [5.74, 6) is -0.320. The number of sulfonamides is 1. The third-order valence-corrected chi connectivity index (χ3v) is 5.70. The molecule has 2 heterocycles. The zero-order chi connectivity index (χ0) is 20.9. The minimum atomic E-state index is -3.78. The van der Waals surface area contributed by atoms with Crippen molar-refractivity contribution in [2.75, 3.05) is 23.1 Å². The molecule has 0 saturated carbocycles. The molecule has 6 N–H and O–H groups in total. The van der Waals surface area contributed by atoms with E-state index in [1.807, 2.05) is 0 Å². The van der Waals surface area contributed by atoms with Gasteiger partial charge in [0.2, 0.25) is 11.8 Å². The number of nitrogens with one attached hydrogen (secondary N) is 4. The van der Waals surface area contributed by atoms with Crippen molar-refractivity contribution in [2.24, 2.45) is 5.73 Å². The molecule has 0 unspecified atom stereocenters. The quantitative estimate of drug-likeness (QED) is 0.358. The van der Waals surface area contributed by atoms with Crippen molar-refractivity contribution in [2.45, 2.75) is 23.4 Å². The Labute approximate surface area is 204 Å². The minimum Gasteiger partial charge on any atom is -0.351 e. The zero-order valence-electron chi connectivity index (χ0n) is 16.7. The summed E-state index contributed by atoms with van der Waals surface area (Å²) in [5.41, 5.74) is 5.73. The average molecular weight is 528 g/mol. The SMILES string of the molecule is Cl.Cl.Cl.NCC(=O)N[C@H]1CN[C@H](C(=O)Nc2ccc(S(=O)(=O)Nc3ccccn3)cc2)C1. The molecule has 2 amide bonds. The van der Waals surface area contributed by atoms with Crippen LogP contribution in [0.25, 0.3) is 0 Å². The molecule has 1 aliphatic rings. The van der Waals surface area contributed by atoms with E-state index in [1.54, 1.807) is 18.2 Å². The number of nitrogens with two attached hydrogens (primary N) is 1. The molecule has 178 valence electrons. The Bertz CT molecular complexity index is 980. The van der Waals surface area contributed by atoms with Gasteiger partial charge in [-0.1, -0.05) is 6.07 Å². The molecule has 1 fully saturated rings. The first-order chi connectivity index (χ1) is 13.9. The lowest BCUT2D eigenvalue weighted by Crippen LogP contribution is -2.39. The fourth-order valence-corrected chi connectivity index (χ4v) is 3.91. The molecule has 3 rings (SSSR count). The van der Waals surface area contributed by atoms with Crippen LogP contribution in [0.2, 0.25) is 0 Å². The molecule has 10 nitrogen and oxygen atoms in total. The highest BCUT2D eigenvalue weighted by Gasteiger charge is 2.30. The first-order valence-electron chi connectivity index (χ1n) is 8.95. The predicted molar refractivity (Wildman–Crippen MR) is 129 cm³/mol. The van der Waals surface area contributed by atoms with Gasteiger partial charge in [0.1, 0.15) is 5.82 Å². The molecule has 32 heavy (non-hydrogen) atoms. The number of rotatable bonds is 7. The van der Waals surface area contributed by atoms with E-state index in [-0.39, 0.29) is 72.3 Å². The first-order valence-corrected chi connectivity index (χ1v) is 10.4. The summed E-state index contributed by atoms with van der Waals surface area (Å²) in [6.07, 6.45) is 1.93. The highest BCUT2D eigenvalue weighted by atomic mass is 35.5. The number of hydrogen-bond acceptors (Lipinski definition) is 7. The van der Waals surface area contributed by atoms with Crippen LogP contribution in [-0.4, -0.2) is 50.4 Å². The van der Waals surface area contributed by atoms with Crippen LogP contribution in [0.3, 0.4) is 0 Å². The van der Waals surface area contributed by atoms with E-state index in [1.165, 1.54) is 30.5 Å². The summed E-state index contributed by atoms with van der Waals surface area (Å²) in [6.45, 7) is 0.373. The van der Waals surface area contributed by atoms with Crippen molar-refractivity contribution >= 4 is 70.6 Å². The molecule has 2 aromatic rings. The normalized spacial score (nSPS) is 17.0. The second kappa shape index (κ2) is 13.4. The van der Waals surface area contributed by atoms with Gasteiger partial charge in [-0.15, -0.1) is 37.2 Å². The molecule has 0 bridgehead atoms. The zero-order valence-corrected chi connectivity index (χ0v) is 20.0. The van der Waals surface area contributed by atoms with Crippen molar-refractivity contribution in [1.29, 1.82) is 0 Å². The Kier molecular flexibility index (Phi) is 12.5. The maximum Gasteiger partial charge on any atom is 0.263 e. The van der Waals surface area contributed by atoms with Crippen molar-refractivity contribution in [3.63, 3.8) is 0 Å². The Hall–Kier alpha value is -2.15. The lowest BCUT2D eigenvalue weighted by atomic mass is 10.1. The molecule has 2 atom stereocenters. The average Bonchev–Trinajstić information content (AvgIpc) is 3.17. The van der Waals surface area contributed by atoms with Crippen molar-refractivity contribution in [3.05, 3.63) is 48.7 Å². The second-order valence-corrected chi connectivity index (χ2v) is 8.18. The third kappa shape index (κ3) is 8.08. The summed E-state index contributed by atoms with van der Waals surface area (Å²) in [7, 11) is -3.78. The highest BCUT2D eigenvalue weighted by molar-refractivity contribution is 7.92. The van der Waals surface area contributed by atoms with Crippen LogP contribution in [0.4, 0.5) is 11.5 Å². The fourth-order valence-electron chi connectivity index (χ4n) is 2.90.